The van der Waals surface area contributed by atoms with Crippen LogP contribution in [0.15, 0.2) is 36.0 Å². The summed E-state index contributed by atoms with van der Waals surface area (Å²) < 4.78 is 5.04. The van der Waals surface area contributed by atoms with Crippen LogP contribution < -0.4 is 0 Å². The average molecular weight is 164 g/mol. The highest BCUT2D eigenvalue weighted by molar-refractivity contribution is 5.87. The Balaban J connectivity index is 2.49. The van der Waals surface area contributed by atoms with E-state index in [1.54, 1.807) is 6.92 Å². The Morgan fingerprint density at radius 1 is 1.67 bits per heavy atom. The summed E-state index contributed by atoms with van der Waals surface area (Å²) in [6.07, 6.45) is 5.46. The van der Waals surface area contributed by atoms with E-state index in [0.29, 0.717) is 5.57 Å². The fourth-order valence-corrected chi connectivity index (χ4v) is 0.914. The van der Waals surface area contributed by atoms with Crippen molar-refractivity contribution in [2.75, 3.05) is 0 Å². The van der Waals surface area contributed by atoms with Gasteiger partial charge in [0, 0.05) is 5.57 Å². The lowest BCUT2D eigenvalue weighted by Gasteiger charge is -2.07. The maximum absolute atomic E-state index is 11.0. The van der Waals surface area contributed by atoms with E-state index in [1.807, 2.05) is 25.2 Å². The lowest BCUT2D eigenvalue weighted by molar-refractivity contribution is -0.140. The predicted molar refractivity (Wildman–Crippen MR) is 47.6 cm³/mol. The SMILES string of the molecule is C=C(C)C(=O)OC1C=CC(C)=C1. The van der Waals surface area contributed by atoms with E-state index >= 15 is 0 Å². The first-order valence-electron chi connectivity index (χ1n) is 3.82. The van der Waals surface area contributed by atoms with Gasteiger partial charge in [-0.1, -0.05) is 18.2 Å². The molecule has 0 aliphatic heterocycles. The quantitative estimate of drug-likeness (QED) is 0.461. The monoisotopic (exact) mass is 164 g/mol. The van der Waals surface area contributed by atoms with Crippen LogP contribution in [0.2, 0.25) is 0 Å². The lowest BCUT2D eigenvalue weighted by atomic mass is 10.3. The van der Waals surface area contributed by atoms with Gasteiger partial charge in [0.25, 0.3) is 0 Å². The van der Waals surface area contributed by atoms with Gasteiger partial charge in [-0.3, -0.25) is 0 Å². The van der Waals surface area contributed by atoms with Gasteiger partial charge in [0.1, 0.15) is 6.10 Å². The highest BCUT2D eigenvalue weighted by atomic mass is 16.5. The van der Waals surface area contributed by atoms with E-state index in [9.17, 15) is 4.79 Å². The van der Waals surface area contributed by atoms with E-state index in [-0.39, 0.29) is 12.1 Å². The summed E-state index contributed by atoms with van der Waals surface area (Å²) in [5.74, 6) is -0.337. The molecule has 0 saturated carbocycles. The smallest absolute Gasteiger partial charge is 0.334 e. The van der Waals surface area contributed by atoms with E-state index in [2.05, 4.69) is 6.58 Å². The maximum Gasteiger partial charge on any atom is 0.334 e. The molecule has 0 radical (unpaired) electrons. The van der Waals surface area contributed by atoms with Crippen molar-refractivity contribution in [1.29, 1.82) is 0 Å². The van der Waals surface area contributed by atoms with Gasteiger partial charge in [0.2, 0.25) is 0 Å². The van der Waals surface area contributed by atoms with Crippen molar-refractivity contribution < 1.29 is 9.53 Å². The fraction of sp³-hybridized carbons (Fsp3) is 0.300. The van der Waals surface area contributed by atoms with Crippen molar-refractivity contribution in [2.24, 2.45) is 0 Å². The van der Waals surface area contributed by atoms with Gasteiger partial charge in [-0.25, -0.2) is 4.79 Å². The van der Waals surface area contributed by atoms with Crippen molar-refractivity contribution in [3.05, 3.63) is 36.0 Å². The predicted octanol–water partition coefficient (Wildman–Crippen LogP) is 1.99. The Kier molecular flexibility index (Phi) is 2.48. The Morgan fingerprint density at radius 3 is 2.75 bits per heavy atom. The third-order valence-corrected chi connectivity index (χ3v) is 1.57. The Labute approximate surface area is 72.2 Å². The molecule has 0 spiro atoms. The molecule has 2 heteroatoms. The molecule has 1 aliphatic carbocycles. The highest BCUT2D eigenvalue weighted by Crippen LogP contribution is 2.12. The van der Waals surface area contributed by atoms with Crippen LogP contribution in [0.4, 0.5) is 0 Å². The third kappa shape index (κ3) is 2.09. The van der Waals surface area contributed by atoms with Crippen LogP contribution in [0.5, 0.6) is 0 Å². The molecule has 0 fully saturated rings. The molecule has 1 aliphatic rings. The van der Waals surface area contributed by atoms with E-state index < -0.39 is 0 Å². The lowest BCUT2D eigenvalue weighted by Crippen LogP contribution is -2.12. The van der Waals surface area contributed by atoms with Crippen LogP contribution in [0, 0.1) is 0 Å². The van der Waals surface area contributed by atoms with Crippen LogP contribution in [-0.4, -0.2) is 12.1 Å². The first-order valence-corrected chi connectivity index (χ1v) is 3.82. The van der Waals surface area contributed by atoms with Crippen molar-refractivity contribution in [3.8, 4) is 0 Å². The highest BCUT2D eigenvalue weighted by Gasteiger charge is 2.12. The third-order valence-electron chi connectivity index (χ3n) is 1.57. The van der Waals surface area contributed by atoms with E-state index in [4.69, 9.17) is 4.74 Å². The minimum Gasteiger partial charge on any atom is -0.450 e. The molecular weight excluding hydrogens is 152 g/mol. The van der Waals surface area contributed by atoms with Crippen molar-refractivity contribution in [3.63, 3.8) is 0 Å². The normalized spacial score (nSPS) is 20.5. The second-order valence-corrected chi connectivity index (χ2v) is 2.92. The van der Waals surface area contributed by atoms with Crippen molar-refractivity contribution >= 4 is 5.97 Å². The summed E-state index contributed by atoms with van der Waals surface area (Å²) in [6.45, 7) is 7.10. The molecular formula is C10H12O2. The molecule has 0 bridgehead atoms. The number of rotatable bonds is 2. The zero-order valence-electron chi connectivity index (χ0n) is 7.33. The molecule has 1 unspecified atom stereocenters. The average Bonchev–Trinajstić information content (AvgIpc) is 2.35. The van der Waals surface area contributed by atoms with Crippen LogP contribution in [-0.2, 0) is 9.53 Å². The molecule has 1 atom stereocenters. The second kappa shape index (κ2) is 3.39. The van der Waals surface area contributed by atoms with Crippen LogP contribution >= 0.6 is 0 Å². The first-order chi connectivity index (χ1) is 5.59. The first kappa shape index (κ1) is 8.78. The van der Waals surface area contributed by atoms with Crippen LogP contribution in [0.3, 0.4) is 0 Å². The maximum atomic E-state index is 11.0. The largest absolute Gasteiger partial charge is 0.450 e. The molecule has 0 heterocycles. The fourth-order valence-electron chi connectivity index (χ4n) is 0.914. The second-order valence-electron chi connectivity index (χ2n) is 2.92. The number of hydrogen-bond acceptors (Lipinski definition) is 2. The van der Waals surface area contributed by atoms with Gasteiger partial charge in [-0.05, 0) is 26.0 Å². The number of hydrogen-bond donors (Lipinski definition) is 0. The standard InChI is InChI=1S/C10H12O2/c1-7(2)10(11)12-9-5-4-8(3)6-9/h4-6,9H,1H2,2-3H3. The van der Waals surface area contributed by atoms with Gasteiger partial charge in [0.05, 0.1) is 0 Å². The molecule has 64 valence electrons. The summed E-state index contributed by atoms with van der Waals surface area (Å²) in [5.41, 5.74) is 1.55. The molecule has 0 N–H and O–H groups in total. The number of ether oxygens (including phenoxy) is 1. The molecule has 1 rings (SSSR count). The summed E-state index contributed by atoms with van der Waals surface area (Å²) in [4.78, 5) is 11.0. The number of carbonyl (C=O) groups is 1. The van der Waals surface area contributed by atoms with Gasteiger partial charge in [0.15, 0.2) is 0 Å². The molecule has 0 amide bonds. The van der Waals surface area contributed by atoms with Crippen LogP contribution in [0.25, 0.3) is 0 Å². The van der Waals surface area contributed by atoms with E-state index in [1.165, 1.54) is 0 Å². The minimum atomic E-state index is -0.337. The van der Waals surface area contributed by atoms with Gasteiger partial charge in [-0.15, -0.1) is 0 Å². The zero-order valence-corrected chi connectivity index (χ0v) is 7.33. The molecule has 0 aromatic rings. The summed E-state index contributed by atoms with van der Waals surface area (Å²) in [5, 5.41) is 0. The van der Waals surface area contributed by atoms with Crippen LogP contribution in [0.1, 0.15) is 13.8 Å². The number of esters is 1. The number of carbonyl (C=O) groups excluding carboxylic acids is 1. The topological polar surface area (TPSA) is 26.3 Å². The molecule has 0 aromatic carbocycles. The number of allylic oxidation sites excluding steroid dienone is 2. The summed E-state index contributed by atoms with van der Waals surface area (Å²) >= 11 is 0. The zero-order chi connectivity index (χ0) is 9.14. The Morgan fingerprint density at radius 2 is 2.33 bits per heavy atom. The minimum absolute atomic E-state index is 0.200. The summed E-state index contributed by atoms with van der Waals surface area (Å²) in [6, 6.07) is 0. The van der Waals surface area contributed by atoms with Crippen molar-refractivity contribution in [1.82, 2.24) is 0 Å². The Hall–Kier alpha value is -1.31. The van der Waals surface area contributed by atoms with E-state index in [0.717, 1.165) is 5.57 Å². The molecule has 12 heavy (non-hydrogen) atoms. The molecule has 0 aromatic heterocycles. The van der Waals surface area contributed by atoms with Gasteiger partial charge >= 0.3 is 5.97 Å². The Bertz CT molecular complexity index is 272. The summed E-state index contributed by atoms with van der Waals surface area (Å²) in [7, 11) is 0. The van der Waals surface area contributed by atoms with Gasteiger partial charge < -0.3 is 4.74 Å². The molecule has 0 saturated heterocycles. The van der Waals surface area contributed by atoms with Crippen molar-refractivity contribution in [2.45, 2.75) is 20.0 Å². The van der Waals surface area contributed by atoms with Gasteiger partial charge in [-0.2, -0.15) is 0 Å². The molecule has 2 nitrogen and oxygen atoms in total.